The smallest absolute Gasteiger partial charge is 0.322 e. The van der Waals surface area contributed by atoms with E-state index in [-0.39, 0.29) is 6.03 Å². The molecular weight excluding hydrogens is 240 g/mol. The molecule has 19 heavy (non-hydrogen) atoms. The second-order valence-corrected chi connectivity index (χ2v) is 4.93. The van der Waals surface area contributed by atoms with Crippen molar-refractivity contribution in [2.75, 3.05) is 18.5 Å². The lowest BCUT2D eigenvalue weighted by atomic mass is 10.0. The van der Waals surface area contributed by atoms with Gasteiger partial charge in [-0.1, -0.05) is 0 Å². The predicted molar refractivity (Wildman–Crippen MR) is 76.6 cm³/mol. The molecule has 0 saturated carbocycles. The summed E-state index contributed by atoms with van der Waals surface area (Å²) < 4.78 is 5.38. The van der Waals surface area contributed by atoms with Gasteiger partial charge in [0.25, 0.3) is 0 Å². The minimum atomic E-state index is -0.00337. The van der Waals surface area contributed by atoms with E-state index in [0.717, 1.165) is 30.8 Å². The molecule has 1 aromatic rings. The third-order valence-corrected chi connectivity index (χ3v) is 3.48. The molecule has 1 heterocycles. The van der Waals surface area contributed by atoms with Gasteiger partial charge in [-0.05, 0) is 57.4 Å². The van der Waals surface area contributed by atoms with Crippen molar-refractivity contribution in [1.29, 1.82) is 0 Å². The van der Waals surface area contributed by atoms with Crippen LogP contribution in [0.4, 0.5) is 10.5 Å². The van der Waals surface area contributed by atoms with Crippen LogP contribution < -0.4 is 10.1 Å². The Morgan fingerprint density at radius 3 is 2.74 bits per heavy atom. The van der Waals surface area contributed by atoms with Crippen LogP contribution in [0, 0.1) is 0 Å². The first-order chi connectivity index (χ1) is 9.20. The quantitative estimate of drug-likeness (QED) is 0.906. The first-order valence-corrected chi connectivity index (χ1v) is 7.01. The molecule has 1 fully saturated rings. The van der Waals surface area contributed by atoms with Gasteiger partial charge in [0.1, 0.15) is 5.75 Å². The molecule has 1 saturated heterocycles. The van der Waals surface area contributed by atoms with E-state index >= 15 is 0 Å². The van der Waals surface area contributed by atoms with Crippen molar-refractivity contribution >= 4 is 11.7 Å². The summed E-state index contributed by atoms with van der Waals surface area (Å²) in [5.74, 6) is 0.826. The summed E-state index contributed by atoms with van der Waals surface area (Å²) in [5, 5.41) is 2.94. The number of carbonyl (C=O) groups excluding carboxylic acids is 1. The molecule has 1 N–H and O–H groups in total. The molecule has 0 aliphatic carbocycles. The Morgan fingerprint density at radius 1 is 1.37 bits per heavy atom. The van der Waals surface area contributed by atoms with Crippen molar-refractivity contribution < 1.29 is 9.53 Å². The van der Waals surface area contributed by atoms with Crippen LogP contribution in [0.3, 0.4) is 0 Å². The number of carbonyl (C=O) groups is 1. The average Bonchev–Trinajstić information content (AvgIpc) is 2.42. The van der Waals surface area contributed by atoms with Crippen LogP contribution in [-0.4, -0.2) is 30.1 Å². The van der Waals surface area contributed by atoms with Crippen molar-refractivity contribution in [2.45, 2.75) is 39.2 Å². The number of rotatable bonds is 3. The molecule has 2 amide bonds. The first-order valence-electron chi connectivity index (χ1n) is 7.01. The highest BCUT2D eigenvalue weighted by Gasteiger charge is 2.22. The molecular formula is C15H22N2O2. The van der Waals surface area contributed by atoms with E-state index in [1.54, 1.807) is 0 Å². The number of piperidine rings is 1. The lowest BCUT2D eigenvalue weighted by molar-refractivity contribution is 0.170. The summed E-state index contributed by atoms with van der Waals surface area (Å²) in [7, 11) is 0. The Labute approximate surface area is 114 Å². The number of hydrogen-bond donors (Lipinski definition) is 1. The van der Waals surface area contributed by atoms with Gasteiger partial charge in [-0.2, -0.15) is 0 Å². The van der Waals surface area contributed by atoms with Crippen molar-refractivity contribution in [2.24, 2.45) is 0 Å². The zero-order valence-corrected chi connectivity index (χ0v) is 11.7. The fourth-order valence-electron chi connectivity index (χ4n) is 2.40. The molecule has 0 radical (unpaired) electrons. The highest BCUT2D eigenvalue weighted by molar-refractivity contribution is 5.89. The Kier molecular flexibility index (Phi) is 4.66. The Balaban J connectivity index is 1.94. The molecule has 1 aliphatic rings. The summed E-state index contributed by atoms with van der Waals surface area (Å²) in [4.78, 5) is 14.1. The highest BCUT2D eigenvalue weighted by atomic mass is 16.5. The molecule has 1 atom stereocenters. The fourth-order valence-corrected chi connectivity index (χ4v) is 2.40. The molecule has 4 heteroatoms. The number of nitrogens with one attached hydrogen (secondary N) is 1. The number of hydrogen-bond acceptors (Lipinski definition) is 2. The van der Waals surface area contributed by atoms with Crippen molar-refractivity contribution in [3.63, 3.8) is 0 Å². The molecule has 0 unspecified atom stereocenters. The van der Waals surface area contributed by atoms with E-state index in [1.165, 1.54) is 6.42 Å². The van der Waals surface area contributed by atoms with Crippen LogP contribution in [0.25, 0.3) is 0 Å². The molecule has 0 spiro atoms. The molecule has 104 valence electrons. The van der Waals surface area contributed by atoms with Crippen LogP contribution in [0.5, 0.6) is 5.75 Å². The van der Waals surface area contributed by atoms with E-state index in [4.69, 9.17) is 4.74 Å². The number of nitrogens with zero attached hydrogens (tertiary/aromatic N) is 1. The van der Waals surface area contributed by atoms with E-state index in [1.807, 2.05) is 36.1 Å². The van der Waals surface area contributed by atoms with Crippen LogP contribution in [-0.2, 0) is 0 Å². The minimum Gasteiger partial charge on any atom is -0.494 e. The lowest BCUT2D eigenvalue weighted by Gasteiger charge is -2.33. The van der Waals surface area contributed by atoms with Gasteiger partial charge in [-0.3, -0.25) is 0 Å². The number of anilines is 1. The third kappa shape index (κ3) is 3.63. The van der Waals surface area contributed by atoms with Gasteiger partial charge in [-0.15, -0.1) is 0 Å². The molecule has 0 aromatic heterocycles. The highest BCUT2D eigenvalue weighted by Crippen LogP contribution is 2.19. The maximum atomic E-state index is 12.2. The topological polar surface area (TPSA) is 41.6 Å². The van der Waals surface area contributed by atoms with E-state index in [0.29, 0.717) is 12.6 Å². The SMILES string of the molecule is CCOc1ccc(NC(=O)N2CCCC[C@@H]2C)cc1. The number of ether oxygens (including phenoxy) is 1. The number of benzene rings is 1. The van der Waals surface area contributed by atoms with Gasteiger partial charge < -0.3 is 15.0 Å². The summed E-state index contributed by atoms with van der Waals surface area (Å²) in [6.07, 6.45) is 3.41. The van der Waals surface area contributed by atoms with Gasteiger partial charge in [0.05, 0.1) is 6.61 Å². The van der Waals surface area contributed by atoms with E-state index in [9.17, 15) is 4.79 Å². The second kappa shape index (κ2) is 6.45. The fraction of sp³-hybridized carbons (Fsp3) is 0.533. The monoisotopic (exact) mass is 262 g/mol. The van der Waals surface area contributed by atoms with Crippen molar-refractivity contribution in [1.82, 2.24) is 4.90 Å². The van der Waals surface area contributed by atoms with Gasteiger partial charge in [0.2, 0.25) is 0 Å². The zero-order valence-electron chi connectivity index (χ0n) is 11.7. The van der Waals surface area contributed by atoms with Gasteiger partial charge in [0, 0.05) is 18.3 Å². The Hall–Kier alpha value is -1.71. The largest absolute Gasteiger partial charge is 0.494 e. The molecule has 2 rings (SSSR count). The van der Waals surface area contributed by atoms with E-state index < -0.39 is 0 Å². The van der Waals surface area contributed by atoms with Crippen LogP contribution in [0.15, 0.2) is 24.3 Å². The minimum absolute atomic E-state index is 0.00337. The number of amides is 2. The molecule has 1 aliphatic heterocycles. The summed E-state index contributed by atoms with van der Waals surface area (Å²) in [6, 6.07) is 7.82. The number of urea groups is 1. The summed E-state index contributed by atoms with van der Waals surface area (Å²) in [6.45, 7) is 5.56. The van der Waals surface area contributed by atoms with E-state index in [2.05, 4.69) is 12.2 Å². The van der Waals surface area contributed by atoms with Crippen molar-refractivity contribution in [3.8, 4) is 5.75 Å². The third-order valence-electron chi connectivity index (χ3n) is 3.48. The maximum absolute atomic E-state index is 12.2. The first kappa shape index (κ1) is 13.7. The van der Waals surface area contributed by atoms with Gasteiger partial charge >= 0.3 is 6.03 Å². The van der Waals surface area contributed by atoms with Crippen LogP contribution >= 0.6 is 0 Å². The van der Waals surface area contributed by atoms with Crippen LogP contribution in [0.1, 0.15) is 33.1 Å². The van der Waals surface area contributed by atoms with Gasteiger partial charge in [-0.25, -0.2) is 4.79 Å². The molecule has 0 bridgehead atoms. The molecule has 4 nitrogen and oxygen atoms in total. The van der Waals surface area contributed by atoms with Crippen molar-refractivity contribution in [3.05, 3.63) is 24.3 Å². The standard InChI is InChI=1S/C15H22N2O2/c1-3-19-14-9-7-13(8-10-14)16-15(18)17-11-5-4-6-12(17)2/h7-10,12H,3-6,11H2,1-2H3,(H,16,18)/t12-/m0/s1. The molecule has 1 aromatic carbocycles. The van der Waals surface area contributed by atoms with Crippen LogP contribution in [0.2, 0.25) is 0 Å². The maximum Gasteiger partial charge on any atom is 0.322 e. The Morgan fingerprint density at radius 2 is 2.11 bits per heavy atom. The lowest BCUT2D eigenvalue weighted by Crippen LogP contribution is -2.44. The zero-order chi connectivity index (χ0) is 13.7. The second-order valence-electron chi connectivity index (χ2n) is 4.93. The Bertz CT molecular complexity index is 417. The van der Waals surface area contributed by atoms with Gasteiger partial charge in [0.15, 0.2) is 0 Å². The normalized spacial score (nSPS) is 19.1. The average molecular weight is 262 g/mol. The predicted octanol–water partition coefficient (Wildman–Crippen LogP) is 3.49. The summed E-state index contributed by atoms with van der Waals surface area (Å²) in [5.41, 5.74) is 0.811. The summed E-state index contributed by atoms with van der Waals surface area (Å²) >= 11 is 0. The number of likely N-dealkylation sites (tertiary alicyclic amines) is 1.